The maximum atomic E-state index is 4.82. The van der Waals surface area contributed by atoms with Gasteiger partial charge in [0, 0.05) is 6.54 Å². The molecule has 0 bridgehead atoms. The normalized spacial score (nSPS) is 10.0. The van der Waals surface area contributed by atoms with Gasteiger partial charge in [0.1, 0.15) is 6.33 Å². The summed E-state index contributed by atoms with van der Waals surface area (Å²) >= 11 is 0. The average molecular weight is 154 g/mol. The molecule has 0 spiro atoms. The van der Waals surface area contributed by atoms with Gasteiger partial charge < -0.3 is 4.74 Å². The minimum atomic E-state index is 0.425. The number of hydrogen-bond acceptors (Lipinski definition) is 3. The van der Waals surface area contributed by atoms with Gasteiger partial charge in [-0.3, -0.25) is 0 Å². The summed E-state index contributed by atoms with van der Waals surface area (Å²) in [7, 11) is 1.56. The van der Waals surface area contributed by atoms with E-state index < -0.39 is 0 Å². The van der Waals surface area contributed by atoms with E-state index >= 15 is 0 Å². The fraction of sp³-hybridized carbons (Fsp3) is 0.571. The van der Waals surface area contributed by atoms with Crippen molar-refractivity contribution < 1.29 is 4.74 Å². The van der Waals surface area contributed by atoms with Crippen molar-refractivity contribution in [2.24, 2.45) is 0 Å². The highest BCUT2D eigenvalue weighted by molar-refractivity contribution is 4.86. The van der Waals surface area contributed by atoms with Gasteiger partial charge in [-0.2, -0.15) is 4.98 Å². The molecule has 0 saturated heterocycles. The molecule has 1 aromatic heterocycles. The van der Waals surface area contributed by atoms with E-state index in [1.165, 1.54) is 0 Å². The SMILES string of the molecule is [CH2]CCCn1cnc(OC)n1. The van der Waals surface area contributed by atoms with Crippen molar-refractivity contribution in [1.29, 1.82) is 0 Å². The number of ether oxygens (including phenoxy) is 1. The summed E-state index contributed by atoms with van der Waals surface area (Å²) in [5, 5.41) is 4.02. The number of hydrogen-bond donors (Lipinski definition) is 0. The Morgan fingerprint density at radius 2 is 2.55 bits per heavy atom. The number of rotatable bonds is 4. The highest BCUT2D eigenvalue weighted by Crippen LogP contribution is 1.99. The first-order valence-corrected chi connectivity index (χ1v) is 3.59. The summed E-state index contributed by atoms with van der Waals surface area (Å²) in [6.07, 6.45) is 3.60. The summed E-state index contributed by atoms with van der Waals surface area (Å²) in [6.45, 7) is 4.60. The quantitative estimate of drug-likeness (QED) is 0.647. The molecule has 1 radical (unpaired) electrons. The van der Waals surface area contributed by atoms with Crippen LogP contribution in [0.5, 0.6) is 6.01 Å². The minimum Gasteiger partial charge on any atom is -0.466 e. The molecule has 0 N–H and O–H groups in total. The fourth-order valence-corrected chi connectivity index (χ4v) is 0.753. The molecule has 4 heteroatoms. The Hall–Kier alpha value is -1.06. The Morgan fingerprint density at radius 1 is 1.73 bits per heavy atom. The van der Waals surface area contributed by atoms with E-state index in [0.717, 1.165) is 19.4 Å². The second kappa shape index (κ2) is 3.95. The summed E-state index contributed by atoms with van der Waals surface area (Å²) in [5.74, 6) is 0. The van der Waals surface area contributed by atoms with E-state index in [-0.39, 0.29) is 0 Å². The first kappa shape index (κ1) is 8.04. The molecule has 0 atom stereocenters. The highest BCUT2D eigenvalue weighted by Gasteiger charge is 1.97. The van der Waals surface area contributed by atoms with Crippen molar-refractivity contribution in [2.45, 2.75) is 19.4 Å². The standard InChI is InChI=1S/C7H12N3O/c1-3-4-5-10-6-8-7(9-10)11-2/h6H,1,3-5H2,2H3. The summed E-state index contributed by atoms with van der Waals surface area (Å²) in [6, 6.07) is 0.425. The van der Waals surface area contributed by atoms with Crippen LogP contribution in [0.3, 0.4) is 0 Å². The summed E-state index contributed by atoms with van der Waals surface area (Å²) in [4.78, 5) is 3.90. The third-order valence-electron chi connectivity index (χ3n) is 1.34. The molecule has 61 valence electrons. The van der Waals surface area contributed by atoms with Crippen LogP contribution >= 0.6 is 0 Å². The predicted molar refractivity (Wildman–Crippen MR) is 41.2 cm³/mol. The molecule has 0 unspecified atom stereocenters. The Balaban J connectivity index is 2.44. The van der Waals surface area contributed by atoms with Crippen molar-refractivity contribution in [2.75, 3.05) is 7.11 Å². The molecule has 0 fully saturated rings. The largest absolute Gasteiger partial charge is 0.466 e. The van der Waals surface area contributed by atoms with Crippen molar-refractivity contribution in [3.63, 3.8) is 0 Å². The number of nitrogens with zero attached hydrogens (tertiary/aromatic N) is 3. The van der Waals surface area contributed by atoms with Crippen LogP contribution in [0.2, 0.25) is 0 Å². The number of methoxy groups -OCH3 is 1. The molecule has 0 aliphatic carbocycles. The van der Waals surface area contributed by atoms with E-state index in [4.69, 9.17) is 4.74 Å². The first-order chi connectivity index (χ1) is 5.36. The molecule has 1 heterocycles. The Morgan fingerprint density at radius 3 is 3.09 bits per heavy atom. The maximum Gasteiger partial charge on any atom is 0.335 e. The molecule has 4 nitrogen and oxygen atoms in total. The zero-order valence-corrected chi connectivity index (χ0v) is 6.66. The van der Waals surface area contributed by atoms with E-state index in [9.17, 15) is 0 Å². The monoisotopic (exact) mass is 154 g/mol. The lowest BCUT2D eigenvalue weighted by atomic mass is 10.3. The number of aromatic nitrogens is 3. The first-order valence-electron chi connectivity index (χ1n) is 3.59. The Labute approximate surface area is 66.2 Å². The van der Waals surface area contributed by atoms with Crippen molar-refractivity contribution in [3.05, 3.63) is 13.3 Å². The molecule has 1 aromatic rings. The van der Waals surface area contributed by atoms with Crippen LogP contribution < -0.4 is 4.74 Å². The topological polar surface area (TPSA) is 39.9 Å². The molecule has 0 saturated carbocycles. The van der Waals surface area contributed by atoms with E-state index in [1.54, 1.807) is 18.1 Å². The smallest absolute Gasteiger partial charge is 0.335 e. The van der Waals surface area contributed by atoms with Crippen LogP contribution in [-0.2, 0) is 6.54 Å². The zero-order chi connectivity index (χ0) is 8.10. The second-order valence-electron chi connectivity index (χ2n) is 2.20. The van der Waals surface area contributed by atoms with Gasteiger partial charge in [0.05, 0.1) is 7.11 Å². The van der Waals surface area contributed by atoms with Crippen LogP contribution in [0.15, 0.2) is 6.33 Å². The molecule has 0 amide bonds. The Bertz CT molecular complexity index is 209. The van der Waals surface area contributed by atoms with Gasteiger partial charge in [-0.15, -0.1) is 5.10 Å². The average Bonchev–Trinajstić information content (AvgIpc) is 2.48. The molecule has 0 aliphatic rings. The van der Waals surface area contributed by atoms with Crippen molar-refractivity contribution in [3.8, 4) is 6.01 Å². The van der Waals surface area contributed by atoms with Crippen LogP contribution in [0.1, 0.15) is 12.8 Å². The molecule has 0 aromatic carbocycles. The van der Waals surface area contributed by atoms with Gasteiger partial charge >= 0.3 is 6.01 Å². The van der Waals surface area contributed by atoms with E-state index in [1.807, 2.05) is 0 Å². The lowest BCUT2D eigenvalue weighted by Gasteiger charge is -1.95. The zero-order valence-electron chi connectivity index (χ0n) is 6.66. The lowest BCUT2D eigenvalue weighted by molar-refractivity contribution is 0.375. The van der Waals surface area contributed by atoms with Crippen LogP contribution in [0.4, 0.5) is 0 Å². The van der Waals surface area contributed by atoms with Gasteiger partial charge in [0.2, 0.25) is 0 Å². The number of unbranched alkanes of at least 4 members (excludes halogenated alkanes) is 1. The molecule has 0 aliphatic heterocycles. The molecular formula is C7H12N3O. The van der Waals surface area contributed by atoms with Crippen LogP contribution in [0, 0.1) is 6.92 Å². The fourth-order valence-electron chi connectivity index (χ4n) is 0.753. The van der Waals surface area contributed by atoms with Crippen LogP contribution in [-0.4, -0.2) is 21.9 Å². The summed E-state index contributed by atoms with van der Waals surface area (Å²) < 4.78 is 6.57. The minimum absolute atomic E-state index is 0.425. The molecule has 1 rings (SSSR count). The predicted octanol–water partition coefficient (Wildman–Crippen LogP) is 0.901. The van der Waals surface area contributed by atoms with Crippen molar-refractivity contribution >= 4 is 0 Å². The molecule has 11 heavy (non-hydrogen) atoms. The van der Waals surface area contributed by atoms with Gasteiger partial charge in [-0.25, -0.2) is 4.68 Å². The maximum absolute atomic E-state index is 4.82. The van der Waals surface area contributed by atoms with Gasteiger partial charge in [-0.05, 0) is 6.42 Å². The lowest BCUT2D eigenvalue weighted by Crippen LogP contribution is -1.98. The van der Waals surface area contributed by atoms with E-state index in [2.05, 4.69) is 17.0 Å². The summed E-state index contributed by atoms with van der Waals surface area (Å²) in [5.41, 5.74) is 0. The second-order valence-corrected chi connectivity index (χ2v) is 2.20. The third kappa shape index (κ3) is 2.22. The van der Waals surface area contributed by atoms with Gasteiger partial charge in [0.25, 0.3) is 0 Å². The van der Waals surface area contributed by atoms with Gasteiger partial charge in [-0.1, -0.05) is 13.3 Å². The van der Waals surface area contributed by atoms with Crippen molar-refractivity contribution in [1.82, 2.24) is 14.8 Å². The van der Waals surface area contributed by atoms with Gasteiger partial charge in [0.15, 0.2) is 0 Å². The third-order valence-corrected chi connectivity index (χ3v) is 1.34. The van der Waals surface area contributed by atoms with E-state index in [0.29, 0.717) is 6.01 Å². The molecular weight excluding hydrogens is 142 g/mol. The number of aryl methyl sites for hydroxylation is 1. The van der Waals surface area contributed by atoms with Crippen LogP contribution in [0.25, 0.3) is 0 Å². The highest BCUT2D eigenvalue weighted by atomic mass is 16.5. The Kier molecular flexibility index (Phi) is 2.89.